The lowest BCUT2D eigenvalue weighted by Crippen LogP contribution is -2.41. The van der Waals surface area contributed by atoms with Crippen LogP contribution in [-0.4, -0.2) is 40.0 Å². The number of hydrogen-bond donors (Lipinski definition) is 3. The Balaban J connectivity index is 1.87. The van der Waals surface area contributed by atoms with E-state index >= 15 is 0 Å². The van der Waals surface area contributed by atoms with Gasteiger partial charge in [-0.25, -0.2) is 4.79 Å². The van der Waals surface area contributed by atoms with Gasteiger partial charge >= 0.3 is 5.97 Å². The Morgan fingerprint density at radius 2 is 1.91 bits per heavy atom. The third kappa shape index (κ3) is 6.11. The fraction of sp³-hybridized carbons (Fsp3) is 0.240. The van der Waals surface area contributed by atoms with E-state index in [1.807, 2.05) is 61.7 Å². The molecule has 0 fully saturated rings. The number of carboxylic acids is 1. The van der Waals surface area contributed by atoms with Crippen LogP contribution in [0.15, 0.2) is 67.0 Å². The monoisotopic (exact) mass is 449 g/mol. The minimum absolute atomic E-state index is 0.370. The Morgan fingerprint density at radius 1 is 1.12 bits per heavy atom. The first kappa shape index (κ1) is 23.3. The van der Waals surface area contributed by atoms with Crippen LogP contribution < -0.4 is 10.6 Å². The molecular weight excluding hydrogens is 422 g/mol. The number of thioether (sulfide) groups is 1. The molecule has 0 aliphatic heterocycles. The molecule has 0 saturated heterocycles. The molecule has 166 valence electrons. The maximum Gasteiger partial charge on any atom is 0.326 e. The molecule has 0 bridgehead atoms. The molecule has 1 amide bonds. The summed E-state index contributed by atoms with van der Waals surface area (Å²) in [6, 6.07) is 16.3. The fourth-order valence-corrected chi connectivity index (χ4v) is 3.80. The van der Waals surface area contributed by atoms with Crippen LogP contribution in [0.1, 0.15) is 27.9 Å². The summed E-state index contributed by atoms with van der Waals surface area (Å²) in [7, 11) is 0. The Labute approximate surface area is 192 Å². The van der Waals surface area contributed by atoms with Crippen LogP contribution in [0.4, 0.5) is 5.69 Å². The van der Waals surface area contributed by atoms with Crippen molar-refractivity contribution in [2.75, 3.05) is 17.3 Å². The largest absolute Gasteiger partial charge is 0.480 e. The summed E-state index contributed by atoms with van der Waals surface area (Å²) >= 11 is 1.55. The third-order valence-corrected chi connectivity index (χ3v) is 5.79. The van der Waals surface area contributed by atoms with Gasteiger partial charge in [-0.1, -0.05) is 36.4 Å². The van der Waals surface area contributed by atoms with Crippen molar-refractivity contribution < 1.29 is 14.7 Å². The van der Waals surface area contributed by atoms with E-state index in [0.29, 0.717) is 24.3 Å². The van der Waals surface area contributed by atoms with Gasteiger partial charge in [0.15, 0.2) is 0 Å². The van der Waals surface area contributed by atoms with E-state index in [1.165, 1.54) is 0 Å². The highest BCUT2D eigenvalue weighted by molar-refractivity contribution is 7.98. The van der Waals surface area contributed by atoms with Gasteiger partial charge in [0.25, 0.3) is 5.91 Å². The van der Waals surface area contributed by atoms with Crippen LogP contribution in [0.2, 0.25) is 0 Å². The van der Waals surface area contributed by atoms with Gasteiger partial charge in [-0.15, -0.1) is 0 Å². The molecule has 0 spiro atoms. The smallest absolute Gasteiger partial charge is 0.326 e. The van der Waals surface area contributed by atoms with Gasteiger partial charge in [-0.2, -0.15) is 11.8 Å². The van der Waals surface area contributed by atoms with Crippen LogP contribution in [0, 0.1) is 6.92 Å². The number of nitrogens with zero attached hydrogens (tertiary/aromatic N) is 1. The van der Waals surface area contributed by atoms with Gasteiger partial charge in [0.05, 0.1) is 11.9 Å². The van der Waals surface area contributed by atoms with Gasteiger partial charge in [0.1, 0.15) is 6.04 Å². The molecule has 3 N–H and O–H groups in total. The van der Waals surface area contributed by atoms with Crippen LogP contribution in [0.3, 0.4) is 0 Å². The number of anilines is 1. The number of rotatable bonds is 10. The highest BCUT2D eigenvalue weighted by Crippen LogP contribution is 2.26. The summed E-state index contributed by atoms with van der Waals surface area (Å²) in [5, 5.41) is 15.6. The first-order chi connectivity index (χ1) is 15.5. The first-order valence-corrected chi connectivity index (χ1v) is 11.7. The maximum atomic E-state index is 13.0. The number of amides is 1. The number of pyridine rings is 1. The molecule has 1 atom stereocenters. The average molecular weight is 450 g/mol. The van der Waals surface area contributed by atoms with Gasteiger partial charge in [0, 0.05) is 18.3 Å². The molecule has 0 aliphatic rings. The van der Waals surface area contributed by atoms with Crippen molar-refractivity contribution in [3.05, 3.63) is 83.7 Å². The van der Waals surface area contributed by atoms with E-state index in [9.17, 15) is 14.7 Å². The van der Waals surface area contributed by atoms with Gasteiger partial charge < -0.3 is 15.7 Å². The zero-order chi connectivity index (χ0) is 22.9. The highest BCUT2D eigenvalue weighted by atomic mass is 32.2. The zero-order valence-corrected chi connectivity index (χ0v) is 19.0. The zero-order valence-electron chi connectivity index (χ0n) is 18.2. The highest BCUT2D eigenvalue weighted by Gasteiger charge is 2.22. The molecule has 1 heterocycles. The lowest BCUT2D eigenvalue weighted by molar-refractivity contribution is -0.139. The number of carbonyl (C=O) groups excluding carboxylic acids is 1. The summed E-state index contributed by atoms with van der Waals surface area (Å²) in [4.78, 5) is 28.8. The van der Waals surface area contributed by atoms with Crippen molar-refractivity contribution >= 4 is 29.3 Å². The molecular formula is C25H27N3O3S. The Bertz CT molecular complexity index is 1070. The molecule has 3 aromatic rings. The van der Waals surface area contributed by atoms with Gasteiger partial charge in [-0.3, -0.25) is 9.78 Å². The fourth-order valence-electron chi connectivity index (χ4n) is 3.33. The van der Waals surface area contributed by atoms with Crippen molar-refractivity contribution in [3.8, 4) is 11.1 Å². The molecule has 0 saturated carbocycles. The van der Waals surface area contributed by atoms with Gasteiger partial charge in [-0.05, 0) is 65.8 Å². The van der Waals surface area contributed by atoms with Crippen molar-refractivity contribution in [1.29, 1.82) is 0 Å². The number of carboxylic acid groups (broad SMARTS) is 1. The Hall–Kier alpha value is -3.32. The number of benzene rings is 2. The second-order valence-electron chi connectivity index (χ2n) is 7.44. The topological polar surface area (TPSA) is 91.3 Å². The molecule has 1 aromatic heterocycles. The van der Waals surface area contributed by atoms with Crippen molar-refractivity contribution in [3.63, 3.8) is 0 Å². The second kappa shape index (κ2) is 11.3. The quantitative estimate of drug-likeness (QED) is 0.419. The van der Waals surface area contributed by atoms with E-state index in [1.54, 1.807) is 30.2 Å². The summed E-state index contributed by atoms with van der Waals surface area (Å²) in [5.41, 5.74) is 5.17. The van der Waals surface area contributed by atoms with E-state index in [2.05, 4.69) is 15.6 Å². The number of aliphatic carboxylic acids is 1. The molecule has 0 unspecified atom stereocenters. The predicted molar refractivity (Wildman–Crippen MR) is 130 cm³/mol. The molecule has 2 aromatic carbocycles. The van der Waals surface area contributed by atoms with Gasteiger partial charge in [0.2, 0.25) is 0 Å². The minimum atomic E-state index is -1.03. The number of hydrogen-bond acceptors (Lipinski definition) is 5. The SMILES string of the molecule is CSCC[C@H](NC(=O)c1ccc(CNc2cnccc2C)cc1-c1ccccc1)C(=O)O. The normalized spacial score (nSPS) is 11.6. The molecule has 3 rings (SSSR count). The maximum absolute atomic E-state index is 13.0. The number of nitrogens with one attached hydrogen (secondary N) is 2. The molecule has 0 aliphatic carbocycles. The minimum Gasteiger partial charge on any atom is -0.480 e. The van der Waals surface area contributed by atoms with E-state index in [-0.39, 0.29) is 5.91 Å². The lowest BCUT2D eigenvalue weighted by atomic mass is 9.96. The number of aromatic nitrogens is 1. The summed E-state index contributed by atoms with van der Waals surface area (Å²) in [6.45, 7) is 2.59. The van der Waals surface area contributed by atoms with E-state index in [4.69, 9.17) is 0 Å². The Morgan fingerprint density at radius 3 is 2.59 bits per heavy atom. The van der Waals surface area contributed by atoms with Crippen molar-refractivity contribution in [2.45, 2.75) is 25.9 Å². The summed E-state index contributed by atoms with van der Waals surface area (Å²) in [5.74, 6) is -0.762. The number of carbonyl (C=O) groups is 2. The average Bonchev–Trinajstić information content (AvgIpc) is 2.81. The first-order valence-electron chi connectivity index (χ1n) is 10.3. The Kier molecular flexibility index (Phi) is 8.27. The molecule has 6 nitrogen and oxygen atoms in total. The summed E-state index contributed by atoms with van der Waals surface area (Å²) < 4.78 is 0. The van der Waals surface area contributed by atoms with Crippen LogP contribution in [0.5, 0.6) is 0 Å². The number of aryl methyl sites for hydroxylation is 1. The summed E-state index contributed by atoms with van der Waals surface area (Å²) in [6.07, 6.45) is 5.82. The van der Waals surface area contributed by atoms with Crippen LogP contribution >= 0.6 is 11.8 Å². The van der Waals surface area contributed by atoms with Crippen molar-refractivity contribution in [1.82, 2.24) is 10.3 Å². The lowest BCUT2D eigenvalue weighted by Gasteiger charge is -2.17. The van der Waals surface area contributed by atoms with Crippen molar-refractivity contribution in [2.24, 2.45) is 0 Å². The molecule has 32 heavy (non-hydrogen) atoms. The van der Waals surface area contributed by atoms with E-state index < -0.39 is 12.0 Å². The molecule has 7 heteroatoms. The van der Waals surface area contributed by atoms with Crippen LogP contribution in [0.25, 0.3) is 11.1 Å². The molecule has 0 radical (unpaired) electrons. The second-order valence-corrected chi connectivity index (χ2v) is 8.42. The third-order valence-electron chi connectivity index (χ3n) is 5.15. The predicted octanol–water partition coefficient (Wildman–Crippen LogP) is 4.61. The van der Waals surface area contributed by atoms with Crippen LogP contribution in [-0.2, 0) is 11.3 Å². The standard InChI is InChI=1S/C25H27N3O3S/c1-17-10-12-26-16-23(17)27-15-18-8-9-20(21(14-18)19-6-4-3-5-7-19)24(29)28-22(25(30)31)11-13-32-2/h3-10,12,14,16,22,27H,11,13,15H2,1-2H3,(H,28,29)(H,30,31)/t22-/m0/s1. The van der Waals surface area contributed by atoms with E-state index in [0.717, 1.165) is 27.9 Å².